The molecular formula is C13H17ClN4O2. The van der Waals surface area contributed by atoms with Crippen molar-refractivity contribution in [3.8, 4) is 0 Å². The minimum absolute atomic E-state index is 0.174. The maximum absolute atomic E-state index is 12.0. The van der Waals surface area contributed by atoms with E-state index in [1.165, 1.54) is 12.3 Å². The lowest BCUT2D eigenvalue weighted by Crippen LogP contribution is -2.45. The molecule has 0 bridgehead atoms. The topological polar surface area (TPSA) is 83.1 Å². The molecule has 7 heteroatoms. The summed E-state index contributed by atoms with van der Waals surface area (Å²) in [6.45, 7) is 1.65. The summed E-state index contributed by atoms with van der Waals surface area (Å²) in [6.07, 6.45) is 3.44. The molecule has 1 aromatic rings. The Hall–Kier alpha value is -1.82. The highest BCUT2D eigenvalue weighted by atomic mass is 35.5. The predicted molar refractivity (Wildman–Crippen MR) is 76.9 cm³/mol. The number of carbonyl (C=O) groups excluding carboxylic acids is 2. The monoisotopic (exact) mass is 296 g/mol. The molecule has 1 aliphatic carbocycles. The summed E-state index contributed by atoms with van der Waals surface area (Å²) in [5.74, 6) is -0.0463. The van der Waals surface area contributed by atoms with Crippen molar-refractivity contribution in [2.45, 2.75) is 31.8 Å². The van der Waals surface area contributed by atoms with Crippen LogP contribution in [-0.2, 0) is 4.79 Å². The van der Waals surface area contributed by atoms with Gasteiger partial charge in [-0.2, -0.15) is 0 Å². The number of rotatable bonds is 5. The van der Waals surface area contributed by atoms with Gasteiger partial charge in [0.2, 0.25) is 5.91 Å². The van der Waals surface area contributed by atoms with Crippen LogP contribution in [0.5, 0.6) is 0 Å². The van der Waals surface area contributed by atoms with Gasteiger partial charge in [0.25, 0.3) is 5.91 Å². The number of carbonyl (C=O) groups is 2. The molecule has 1 heterocycles. The van der Waals surface area contributed by atoms with Crippen LogP contribution < -0.4 is 16.0 Å². The Labute approximate surface area is 122 Å². The van der Waals surface area contributed by atoms with Crippen molar-refractivity contribution in [1.82, 2.24) is 15.6 Å². The summed E-state index contributed by atoms with van der Waals surface area (Å²) < 4.78 is 0. The highest BCUT2D eigenvalue weighted by Gasteiger charge is 2.26. The van der Waals surface area contributed by atoms with Gasteiger partial charge < -0.3 is 16.0 Å². The van der Waals surface area contributed by atoms with Gasteiger partial charge in [0, 0.05) is 19.3 Å². The second kappa shape index (κ2) is 6.09. The van der Waals surface area contributed by atoms with Gasteiger partial charge in [0.05, 0.1) is 10.6 Å². The molecule has 0 saturated heterocycles. The molecule has 2 amide bonds. The first-order chi connectivity index (χ1) is 9.51. The van der Waals surface area contributed by atoms with Crippen molar-refractivity contribution >= 4 is 29.2 Å². The molecule has 0 aromatic carbocycles. The minimum atomic E-state index is -0.592. The van der Waals surface area contributed by atoms with Gasteiger partial charge in [-0.15, -0.1) is 0 Å². The Morgan fingerprint density at radius 1 is 1.45 bits per heavy atom. The van der Waals surface area contributed by atoms with Crippen molar-refractivity contribution in [3.05, 3.63) is 22.8 Å². The summed E-state index contributed by atoms with van der Waals surface area (Å²) in [6, 6.07) is 1.19. The number of nitrogens with one attached hydrogen (secondary N) is 3. The minimum Gasteiger partial charge on any atom is -0.372 e. The van der Waals surface area contributed by atoms with Crippen molar-refractivity contribution in [1.29, 1.82) is 0 Å². The fraction of sp³-hybridized carbons (Fsp3) is 0.462. The third kappa shape index (κ3) is 3.60. The van der Waals surface area contributed by atoms with E-state index in [9.17, 15) is 9.59 Å². The molecule has 3 N–H and O–H groups in total. The number of nitrogens with zero attached hydrogens (tertiary/aromatic N) is 1. The maximum atomic E-state index is 12.0. The Balaban J connectivity index is 1.96. The van der Waals surface area contributed by atoms with E-state index in [0.717, 1.165) is 12.8 Å². The van der Waals surface area contributed by atoms with Crippen LogP contribution in [0.3, 0.4) is 0 Å². The van der Waals surface area contributed by atoms with Gasteiger partial charge in [0.15, 0.2) is 0 Å². The van der Waals surface area contributed by atoms with E-state index in [-0.39, 0.29) is 17.9 Å². The zero-order valence-corrected chi connectivity index (χ0v) is 12.1. The van der Waals surface area contributed by atoms with Crippen LogP contribution >= 0.6 is 11.6 Å². The number of hydrogen-bond donors (Lipinski definition) is 3. The summed E-state index contributed by atoms with van der Waals surface area (Å²) in [4.78, 5) is 27.8. The van der Waals surface area contributed by atoms with E-state index in [1.807, 2.05) is 0 Å². The molecule has 2 rings (SSSR count). The van der Waals surface area contributed by atoms with Crippen LogP contribution in [0.4, 0.5) is 5.82 Å². The van der Waals surface area contributed by atoms with Crippen LogP contribution in [-0.4, -0.2) is 35.9 Å². The number of amides is 2. The Bertz CT molecular complexity index is 531. The van der Waals surface area contributed by atoms with Crippen molar-refractivity contribution in [3.63, 3.8) is 0 Å². The van der Waals surface area contributed by atoms with Crippen molar-refractivity contribution < 1.29 is 9.59 Å². The molecule has 1 saturated carbocycles. The number of anilines is 1. The Kier molecular flexibility index (Phi) is 4.44. The maximum Gasteiger partial charge on any atom is 0.253 e. The SMILES string of the molecule is CNc1ncc(C(=O)NC(C)C(=O)NC2CC2)cc1Cl. The molecule has 20 heavy (non-hydrogen) atoms. The van der Waals surface area contributed by atoms with Gasteiger partial charge in [-0.1, -0.05) is 11.6 Å². The predicted octanol–water partition coefficient (Wildman–Crippen LogP) is 1.17. The largest absolute Gasteiger partial charge is 0.372 e. The fourth-order valence-electron chi connectivity index (χ4n) is 1.65. The van der Waals surface area contributed by atoms with Gasteiger partial charge in [0.1, 0.15) is 11.9 Å². The zero-order chi connectivity index (χ0) is 14.7. The van der Waals surface area contributed by atoms with Crippen LogP contribution in [0.2, 0.25) is 5.02 Å². The first-order valence-electron chi connectivity index (χ1n) is 6.45. The molecule has 6 nitrogen and oxygen atoms in total. The summed E-state index contributed by atoms with van der Waals surface area (Å²) in [7, 11) is 1.69. The number of hydrogen-bond acceptors (Lipinski definition) is 4. The second-order valence-electron chi connectivity index (χ2n) is 4.78. The molecule has 108 valence electrons. The fourth-order valence-corrected chi connectivity index (χ4v) is 1.91. The number of pyridine rings is 1. The molecule has 1 unspecified atom stereocenters. The van der Waals surface area contributed by atoms with Crippen LogP contribution in [0, 0.1) is 0 Å². The third-order valence-electron chi connectivity index (χ3n) is 3.00. The first-order valence-corrected chi connectivity index (χ1v) is 6.83. The van der Waals surface area contributed by atoms with E-state index in [2.05, 4.69) is 20.9 Å². The number of halogens is 1. The zero-order valence-electron chi connectivity index (χ0n) is 11.4. The average molecular weight is 297 g/mol. The molecule has 1 aliphatic rings. The molecule has 0 aliphatic heterocycles. The van der Waals surface area contributed by atoms with Crippen LogP contribution in [0.1, 0.15) is 30.1 Å². The van der Waals surface area contributed by atoms with E-state index in [1.54, 1.807) is 14.0 Å². The van der Waals surface area contributed by atoms with Crippen molar-refractivity contribution in [2.75, 3.05) is 12.4 Å². The summed E-state index contributed by atoms with van der Waals surface area (Å²) in [5, 5.41) is 8.63. The highest BCUT2D eigenvalue weighted by molar-refractivity contribution is 6.33. The first kappa shape index (κ1) is 14.6. The lowest BCUT2D eigenvalue weighted by atomic mass is 10.2. The lowest BCUT2D eigenvalue weighted by Gasteiger charge is -2.14. The summed E-state index contributed by atoms with van der Waals surface area (Å²) >= 11 is 5.97. The normalized spacial score (nSPS) is 15.3. The van der Waals surface area contributed by atoms with E-state index >= 15 is 0 Å². The Morgan fingerprint density at radius 2 is 2.15 bits per heavy atom. The molecular weight excluding hydrogens is 280 g/mol. The smallest absolute Gasteiger partial charge is 0.253 e. The van der Waals surface area contributed by atoms with Gasteiger partial charge in [-0.25, -0.2) is 4.98 Å². The van der Waals surface area contributed by atoms with E-state index in [0.29, 0.717) is 16.4 Å². The lowest BCUT2D eigenvalue weighted by molar-refractivity contribution is -0.122. The van der Waals surface area contributed by atoms with Gasteiger partial charge >= 0.3 is 0 Å². The van der Waals surface area contributed by atoms with Crippen LogP contribution in [0.25, 0.3) is 0 Å². The van der Waals surface area contributed by atoms with E-state index in [4.69, 9.17) is 11.6 Å². The molecule has 1 atom stereocenters. The molecule has 1 aromatic heterocycles. The van der Waals surface area contributed by atoms with Gasteiger partial charge in [-0.3, -0.25) is 9.59 Å². The van der Waals surface area contributed by atoms with Crippen LogP contribution in [0.15, 0.2) is 12.3 Å². The molecule has 0 spiro atoms. The Morgan fingerprint density at radius 3 is 2.70 bits per heavy atom. The highest BCUT2D eigenvalue weighted by Crippen LogP contribution is 2.20. The van der Waals surface area contributed by atoms with Gasteiger partial charge in [-0.05, 0) is 25.8 Å². The van der Waals surface area contributed by atoms with Crippen molar-refractivity contribution in [2.24, 2.45) is 0 Å². The number of aromatic nitrogens is 1. The molecule has 1 fully saturated rings. The standard InChI is InChI=1S/C13H17ClN4O2/c1-7(12(19)18-9-3-4-9)17-13(20)8-5-10(14)11(15-2)16-6-8/h5-7,9H,3-4H2,1-2H3,(H,15,16)(H,17,20)(H,18,19). The molecule has 0 radical (unpaired) electrons. The second-order valence-corrected chi connectivity index (χ2v) is 5.19. The van der Waals surface area contributed by atoms with E-state index < -0.39 is 6.04 Å². The average Bonchev–Trinajstić information content (AvgIpc) is 3.22. The third-order valence-corrected chi connectivity index (χ3v) is 3.29. The quantitative estimate of drug-likeness (QED) is 0.762. The summed E-state index contributed by atoms with van der Waals surface area (Å²) in [5.41, 5.74) is 0.320.